The highest BCUT2D eigenvalue weighted by Crippen LogP contribution is 2.03. The molecule has 0 spiro atoms. The lowest BCUT2D eigenvalue weighted by Gasteiger charge is -2.10. The maximum absolute atomic E-state index is 12.1. The standard InChI is InChI=1S/C13H23N3O2/c1-11(2)5-3-8-15-10-6-12(17)16(13(15)18)9-4-7-14/h6,10-11H,3-5,7-9,14H2,1-2H3. The van der Waals surface area contributed by atoms with Gasteiger partial charge in [-0.25, -0.2) is 4.79 Å². The van der Waals surface area contributed by atoms with Gasteiger partial charge in [0.25, 0.3) is 5.56 Å². The van der Waals surface area contributed by atoms with Crippen LogP contribution in [0.25, 0.3) is 0 Å². The molecule has 0 unspecified atom stereocenters. The molecule has 0 saturated heterocycles. The predicted octanol–water partition coefficient (Wildman–Crippen LogP) is 0.795. The Morgan fingerprint density at radius 3 is 2.56 bits per heavy atom. The molecule has 102 valence electrons. The summed E-state index contributed by atoms with van der Waals surface area (Å²) in [6, 6.07) is 1.45. The van der Waals surface area contributed by atoms with Crippen molar-refractivity contribution in [2.75, 3.05) is 6.54 Å². The van der Waals surface area contributed by atoms with E-state index >= 15 is 0 Å². The highest BCUT2D eigenvalue weighted by Gasteiger charge is 2.04. The molecule has 0 fully saturated rings. The van der Waals surface area contributed by atoms with Gasteiger partial charge in [-0.3, -0.25) is 9.36 Å². The molecule has 0 saturated carbocycles. The summed E-state index contributed by atoms with van der Waals surface area (Å²) in [6.07, 6.45) is 4.26. The van der Waals surface area contributed by atoms with Crippen LogP contribution in [0.15, 0.2) is 21.9 Å². The summed E-state index contributed by atoms with van der Waals surface area (Å²) in [5.41, 5.74) is 4.94. The first-order valence-electron chi connectivity index (χ1n) is 6.56. The number of aromatic nitrogens is 2. The first kappa shape index (κ1) is 14.7. The van der Waals surface area contributed by atoms with Gasteiger partial charge in [0.15, 0.2) is 0 Å². The van der Waals surface area contributed by atoms with Crippen molar-refractivity contribution >= 4 is 0 Å². The van der Waals surface area contributed by atoms with E-state index in [0.717, 1.165) is 12.8 Å². The lowest BCUT2D eigenvalue weighted by Crippen LogP contribution is -2.39. The number of nitrogens with two attached hydrogens (primary N) is 1. The molecule has 1 rings (SSSR count). The second-order valence-corrected chi connectivity index (χ2v) is 4.96. The summed E-state index contributed by atoms with van der Waals surface area (Å²) in [5, 5.41) is 0. The Labute approximate surface area is 107 Å². The Morgan fingerprint density at radius 1 is 1.22 bits per heavy atom. The lowest BCUT2D eigenvalue weighted by molar-refractivity contribution is 0.479. The average Bonchev–Trinajstić information content (AvgIpc) is 2.31. The van der Waals surface area contributed by atoms with Crippen LogP contribution in [0.3, 0.4) is 0 Å². The van der Waals surface area contributed by atoms with E-state index in [-0.39, 0.29) is 11.2 Å². The van der Waals surface area contributed by atoms with Crippen LogP contribution in [0.2, 0.25) is 0 Å². The third-order valence-corrected chi connectivity index (χ3v) is 2.91. The predicted molar refractivity (Wildman–Crippen MR) is 72.7 cm³/mol. The number of aryl methyl sites for hydroxylation is 1. The van der Waals surface area contributed by atoms with Crippen molar-refractivity contribution in [3.63, 3.8) is 0 Å². The van der Waals surface area contributed by atoms with Gasteiger partial charge < -0.3 is 10.3 Å². The summed E-state index contributed by atoms with van der Waals surface area (Å²) in [6.45, 7) is 5.86. The van der Waals surface area contributed by atoms with E-state index < -0.39 is 0 Å². The van der Waals surface area contributed by atoms with Gasteiger partial charge in [-0.1, -0.05) is 13.8 Å². The Morgan fingerprint density at radius 2 is 1.94 bits per heavy atom. The third-order valence-electron chi connectivity index (χ3n) is 2.91. The van der Waals surface area contributed by atoms with Crippen LogP contribution in [0.4, 0.5) is 0 Å². The van der Waals surface area contributed by atoms with Crippen LogP contribution in [-0.4, -0.2) is 15.7 Å². The fraction of sp³-hybridized carbons (Fsp3) is 0.692. The van der Waals surface area contributed by atoms with E-state index in [1.807, 2.05) is 0 Å². The largest absolute Gasteiger partial charge is 0.330 e. The fourth-order valence-electron chi connectivity index (χ4n) is 1.85. The van der Waals surface area contributed by atoms with Crippen molar-refractivity contribution in [1.82, 2.24) is 9.13 Å². The Kier molecular flexibility index (Phi) is 5.85. The molecule has 1 aromatic heterocycles. The number of hydrogen-bond donors (Lipinski definition) is 1. The molecule has 0 atom stereocenters. The van der Waals surface area contributed by atoms with Gasteiger partial charge in [-0.05, 0) is 31.7 Å². The molecular formula is C13H23N3O2. The van der Waals surface area contributed by atoms with Gasteiger partial charge in [-0.15, -0.1) is 0 Å². The summed E-state index contributed by atoms with van der Waals surface area (Å²) in [5.74, 6) is 0.629. The van der Waals surface area contributed by atoms with Crippen molar-refractivity contribution in [3.05, 3.63) is 33.1 Å². The van der Waals surface area contributed by atoms with Gasteiger partial charge in [0.05, 0.1) is 0 Å². The molecule has 0 aliphatic heterocycles. The van der Waals surface area contributed by atoms with Crippen molar-refractivity contribution in [2.24, 2.45) is 11.7 Å². The quantitative estimate of drug-likeness (QED) is 0.781. The number of nitrogens with zero attached hydrogens (tertiary/aromatic N) is 2. The first-order valence-corrected chi connectivity index (χ1v) is 6.56. The summed E-state index contributed by atoms with van der Waals surface area (Å²) in [7, 11) is 0. The maximum atomic E-state index is 12.1. The third kappa shape index (κ3) is 4.14. The minimum absolute atomic E-state index is 0.222. The van der Waals surface area contributed by atoms with Crippen molar-refractivity contribution in [1.29, 1.82) is 0 Å². The molecule has 18 heavy (non-hydrogen) atoms. The molecule has 0 amide bonds. The Balaban J connectivity index is 2.81. The molecule has 2 N–H and O–H groups in total. The minimum atomic E-state index is -0.242. The summed E-state index contributed by atoms with van der Waals surface area (Å²) in [4.78, 5) is 23.6. The van der Waals surface area contributed by atoms with Crippen LogP contribution in [0.5, 0.6) is 0 Å². The highest BCUT2D eigenvalue weighted by molar-refractivity contribution is 4.86. The molecule has 0 aliphatic carbocycles. The maximum Gasteiger partial charge on any atom is 0.330 e. The summed E-state index contributed by atoms with van der Waals surface area (Å²) >= 11 is 0. The highest BCUT2D eigenvalue weighted by atomic mass is 16.2. The first-order chi connectivity index (χ1) is 8.56. The molecular weight excluding hydrogens is 230 g/mol. The van der Waals surface area contributed by atoms with Gasteiger partial charge in [0.1, 0.15) is 0 Å². The van der Waals surface area contributed by atoms with Gasteiger partial charge >= 0.3 is 5.69 Å². The number of hydrogen-bond acceptors (Lipinski definition) is 3. The molecule has 5 heteroatoms. The zero-order chi connectivity index (χ0) is 13.5. The Hall–Kier alpha value is -1.36. The number of rotatable bonds is 7. The zero-order valence-electron chi connectivity index (χ0n) is 11.3. The molecule has 1 aromatic rings. The topological polar surface area (TPSA) is 70.0 Å². The van der Waals surface area contributed by atoms with Gasteiger partial charge in [-0.2, -0.15) is 0 Å². The average molecular weight is 253 g/mol. The second-order valence-electron chi connectivity index (χ2n) is 4.96. The second kappa shape index (κ2) is 7.16. The van der Waals surface area contributed by atoms with Crippen LogP contribution in [-0.2, 0) is 13.1 Å². The van der Waals surface area contributed by atoms with Crippen LogP contribution < -0.4 is 17.0 Å². The smallest absolute Gasteiger partial charge is 0.330 e. The van der Waals surface area contributed by atoms with E-state index in [1.54, 1.807) is 10.8 Å². The molecule has 1 heterocycles. The van der Waals surface area contributed by atoms with E-state index in [4.69, 9.17) is 5.73 Å². The monoisotopic (exact) mass is 253 g/mol. The molecule has 0 bridgehead atoms. The van der Waals surface area contributed by atoms with Crippen molar-refractivity contribution in [2.45, 2.75) is 46.2 Å². The van der Waals surface area contributed by atoms with Crippen molar-refractivity contribution < 1.29 is 0 Å². The van der Waals surface area contributed by atoms with Crippen LogP contribution in [0, 0.1) is 5.92 Å². The lowest BCUT2D eigenvalue weighted by atomic mass is 10.1. The van der Waals surface area contributed by atoms with Crippen LogP contribution in [0.1, 0.15) is 33.1 Å². The zero-order valence-corrected chi connectivity index (χ0v) is 11.3. The Bertz CT molecular complexity index is 474. The van der Waals surface area contributed by atoms with Gasteiger partial charge in [0.2, 0.25) is 0 Å². The normalized spacial score (nSPS) is 11.1. The molecule has 0 radical (unpaired) electrons. The molecule has 5 nitrogen and oxygen atoms in total. The van der Waals surface area contributed by atoms with Crippen LogP contribution >= 0.6 is 0 Å². The van der Waals surface area contributed by atoms with E-state index in [2.05, 4.69) is 13.8 Å². The van der Waals surface area contributed by atoms with Gasteiger partial charge in [0, 0.05) is 25.4 Å². The van der Waals surface area contributed by atoms with Crippen molar-refractivity contribution in [3.8, 4) is 0 Å². The molecule has 0 aliphatic rings. The minimum Gasteiger partial charge on any atom is -0.330 e. The fourth-order valence-corrected chi connectivity index (χ4v) is 1.85. The summed E-state index contributed by atoms with van der Waals surface area (Å²) < 4.78 is 2.88. The van der Waals surface area contributed by atoms with E-state index in [9.17, 15) is 9.59 Å². The molecule has 0 aromatic carbocycles. The SMILES string of the molecule is CC(C)CCCn1ccc(=O)n(CCCN)c1=O. The van der Waals surface area contributed by atoms with E-state index in [1.165, 1.54) is 10.6 Å². The van der Waals surface area contributed by atoms with E-state index in [0.29, 0.717) is 32.0 Å².